The molecule has 0 aromatic carbocycles. The SMILES string of the molecule is CCNC(c1ccc(Cl)s1)c1c(Cl)cnn1CC. The zero-order valence-electron chi connectivity index (χ0n) is 10.3. The Kier molecular flexibility index (Phi) is 4.67. The lowest BCUT2D eigenvalue weighted by atomic mass is 10.1. The van der Waals surface area contributed by atoms with E-state index in [0.29, 0.717) is 5.02 Å². The summed E-state index contributed by atoms with van der Waals surface area (Å²) in [6, 6.07) is 3.98. The van der Waals surface area contributed by atoms with Crippen LogP contribution in [0, 0.1) is 0 Å². The Morgan fingerprint density at radius 3 is 2.72 bits per heavy atom. The molecule has 2 rings (SSSR count). The minimum absolute atomic E-state index is 0.0439. The molecule has 0 bridgehead atoms. The fourth-order valence-corrected chi connectivity index (χ4v) is 3.32. The fourth-order valence-electron chi connectivity index (χ4n) is 1.93. The van der Waals surface area contributed by atoms with Crippen LogP contribution in [0.25, 0.3) is 0 Å². The molecule has 2 aromatic rings. The van der Waals surface area contributed by atoms with Gasteiger partial charge >= 0.3 is 0 Å². The number of aryl methyl sites for hydroxylation is 1. The van der Waals surface area contributed by atoms with Crippen molar-refractivity contribution in [2.45, 2.75) is 26.4 Å². The number of aromatic nitrogens is 2. The number of halogens is 2. The van der Waals surface area contributed by atoms with Gasteiger partial charge in [0.2, 0.25) is 0 Å². The summed E-state index contributed by atoms with van der Waals surface area (Å²) in [5.41, 5.74) is 1.000. The van der Waals surface area contributed by atoms with Crippen molar-refractivity contribution in [1.82, 2.24) is 15.1 Å². The van der Waals surface area contributed by atoms with Gasteiger partial charge in [-0.2, -0.15) is 5.10 Å². The predicted octanol–water partition coefficient (Wildman–Crippen LogP) is 3.97. The topological polar surface area (TPSA) is 29.9 Å². The van der Waals surface area contributed by atoms with Crippen LogP contribution >= 0.6 is 34.5 Å². The van der Waals surface area contributed by atoms with Gasteiger partial charge in [-0.1, -0.05) is 30.1 Å². The largest absolute Gasteiger partial charge is 0.305 e. The average molecular weight is 304 g/mol. The van der Waals surface area contributed by atoms with Crippen LogP contribution in [-0.2, 0) is 6.54 Å². The number of hydrogen-bond acceptors (Lipinski definition) is 3. The molecule has 2 heterocycles. The molecule has 0 saturated heterocycles. The summed E-state index contributed by atoms with van der Waals surface area (Å²) in [6.07, 6.45) is 1.69. The van der Waals surface area contributed by atoms with Crippen LogP contribution in [0.4, 0.5) is 0 Å². The van der Waals surface area contributed by atoms with Crippen molar-refractivity contribution in [2.75, 3.05) is 6.54 Å². The lowest BCUT2D eigenvalue weighted by Crippen LogP contribution is -2.24. The summed E-state index contributed by atoms with van der Waals surface area (Å²) in [4.78, 5) is 1.15. The maximum absolute atomic E-state index is 6.26. The molecule has 0 aliphatic heterocycles. The first-order valence-corrected chi connectivity index (χ1v) is 7.44. The lowest BCUT2D eigenvalue weighted by Gasteiger charge is -2.18. The molecule has 6 heteroatoms. The number of hydrogen-bond donors (Lipinski definition) is 1. The van der Waals surface area contributed by atoms with Crippen LogP contribution in [0.5, 0.6) is 0 Å². The summed E-state index contributed by atoms with van der Waals surface area (Å²) in [5.74, 6) is 0. The van der Waals surface area contributed by atoms with Crippen molar-refractivity contribution in [3.05, 3.63) is 38.3 Å². The number of nitrogens with one attached hydrogen (secondary N) is 1. The average Bonchev–Trinajstić information content (AvgIpc) is 2.93. The van der Waals surface area contributed by atoms with Crippen LogP contribution < -0.4 is 5.32 Å². The van der Waals surface area contributed by atoms with Gasteiger partial charge in [0.1, 0.15) is 0 Å². The Morgan fingerprint density at radius 2 is 2.17 bits per heavy atom. The molecule has 3 nitrogen and oxygen atoms in total. The Bertz CT molecular complexity index is 521. The molecular formula is C12H15Cl2N3S. The van der Waals surface area contributed by atoms with Crippen LogP contribution in [0.2, 0.25) is 9.36 Å². The summed E-state index contributed by atoms with van der Waals surface area (Å²) in [6.45, 7) is 5.77. The van der Waals surface area contributed by atoms with Crippen molar-refractivity contribution in [3.63, 3.8) is 0 Å². The highest BCUT2D eigenvalue weighted by Crippen LogP contribution is 2.34. The monoisotopic (exact) mass is 303 g/mol. The zero-order valence-corrected chi connectivity index (χ0v) is 12.6. The van der Waals surface area contributed by atoms with E-state index in [2.05, 4.69) is 24.3 Å². The molecular weight excluding hydrogens is 289 g/mol. The van der Waals surface area contributed by atoms with Gasteiger partial charge < -0.3 is 5.32 Å². The molecule has 1 N–H and O–H groups in total. The van der Waals surface area contributed by atoms with Gasteiger partial charge in [-0.15, -0.1) is 11.3 Å². The molecule has 0 amide bonds. The first-order chi connectivity index (χ1) is 8.67. The first kappa shape index (κ1) is 13.9. The van der Waals surface area contributed by atoms with Crippen LogP contribution in [0.1, 0.15) is 30.5 Å². The summed E-state index contributed by atoms with van der Waals surface area (Å²) < 4.78 is 2.70. The summed E-state index contributed by atoms with van der Waals surface area (Å²) >= 11 is 13.8. The van der Waals surface area contributed by atoms with Gasteiger partial charge in [0.05, 0.1) is 27.3 Å². The van der Waals surface area contributed by atoms with Crippen molar-refractivity contribution >= 4 is 34.5 Å². The highest BCUT2D eigenvalue weighted by atomic mass is 35.5. The van der Waals surface area contributed by atoms with Crippen molar-refractivity contribution in [1.29, 1.82) is 0 Å². The van der Waals surface area contributed by atoms with E-state index in [1.807, 2.05) is 16.8 Å². The van der Waals surface area contributed by atoms with Gasteiger partial charge in [0, 0.05) is 11.4 Å². The number of nitrogens with zero attached hydrogens (tertiary/aromatic N) is 2. The normalized spacial score (nSPS) is 12.9. The highest BCUT2D eigenvalue weighted by molar-refractivity contribution is 7.16. The van der Waals surface area contributed by atoms with Crippen molar-refractivity contribution in [3.8, 4) is 0 Å². The second kappa shape index (κ2) is 6.06. The molecule has 0 fully saturated rings. The van der Waals surface area contributed by atoms with Crippen molar-refractivity contribution < 1.29 is 0 Å². The lowest BCUT2D eigenvalue weighted by molar-refractivity contribution is 0.547. The maximum Gasteiger partial charge on any atom is 0.0931 e. The number of thiophene rings is 1. The van der Waals surface area contributed by atoms with Gasteiger partial charge in [-0.3, -0.25) is 4.68 Å². The van der Waals surface area contributed by atoms with Gasteiger partial charge in [-0.05, 0) is 25.6 Å². The minimum atomic E-state index is 0.0439. The Morgan fingerprint density at radius 1 is 1.39 bits per heavy atom. The Hall–Kier alpha value is -0.550. The van der Waals surface area contributed by atoms with E-state index in [0.717, 1.165) is 28.0 Å². The Balaban J connectivity index is 2.43. The molecule has 1 atom stereocenters. The van der Waals surface area contributed by atoms with Gasteiger partial charge in [0.15, 0.2) is 0 Å². The third-order valence-electron chi connectivity index (χ3n) is 2.69. The van der Waals surface area contributed by atoms with E-state index in [9.17, 15) is 0 Å². The van der Waals surface area contributed by atoms with E-state index in [-0.39, 0.29) is 6.04 Å². The molecule has 2 aromatic heterocycles. The molecule has 0 saturated carbocycles. The van der Waals surface area contributed by atoms with E-state index >= 15 is 0 Å². The van der Waals surface area contributed by atoms with Crippen LogP contribution in [0.3, 0.4) is 0 Å². The second-order valence-electron chi connectivity index (χ2n) is 3.83. The summed E-state index contributed by atoms with van der Waals surface area (Å²) in [5, 5.41) is 8.41. The van der Waals surface area contributed by atoms with Crippen LogP contribution in [-0.4, -0.2) is 16.3 Å². The molecule has 0 radical (unpaired) electrons. The van der Waals surface area contributed by atoms with E-state index in [4.69, 9.17) is 23.2 Å². The molecule has 98 valence electrons. The predicted molar refractivity (Wildman–Crippen MR) is 77.8 cm³/mol. The third-order valence-corrected chi connectivity index (χ3v) is 4.28. The molecule has 0 aliphatic carbocycles. The maximum atomic E-state index is 6.26. The quantitative estimate of drug-likeness (QED) is 0.906. The fraction of sp³-hybridized carbons (Fsp3) is 0.417. The first-order valence-electron chi connectivity index (χ1n) is 5.87. The smallest absolute Gasteiger partial charge is 0.0931 e. The Labute approximate surface area is 121 Å². The number of rotatable bonds is 5. The molecule has 18 heavy (non-hydrogen) atoms. The third kappa shape index (κ3) is 2.72. The molecule has 1 unspecified atom stereocenters. The standard InChI is InChI=1S/C12H15Cl2N3S/c1-3-15-11(9-5-6-10(14)18-9)12-8(13)7-16-17(12)4-2/h5-7,11,15H,3-4H2,1-2H3. The van der Waals surface area contributed by atoms with Crippen LogP contribution in [0.15, 0.2) is 18.3 Å². The van der Waals surface area contributed by atoms with Crippen molar-refractivity contribution in [2.24, 2.45) is 0 Å². The summed E-state index contributed by atoms with van der Waals surface area (Å²) in [7, 11) is 0. The zero-order chi connectivity index (χ0) is 13.1. The molecule has 0 spiro atoms. The molecule has 0 aliphatic rings. The highest BCUT2D eigenvalue weighted by Gasteiger charge is 2.22. The van der Waals surface area contributed by atoms with Gasteiger partial charge in [-0.25, -0.2) is 0 Å². The van der Waals surface area contributed by atoms with E-state index in [1.54, 1.807) is 17.5 Å². The minimum Gasteiger partial charge on any atom is -0.305 e. The van der Waals surface area contributed by atoms with E-state index < -0.39 is 0 Å². The van der Waals surface area contributed by atoms with E-state index in [1.165, 1.54) is 0 Å². The second-order valence-corrected chi connectivity index (χ2v) is 5.98. The van der Waals surface area contributed by atoms with Gasteiger partial charge in [0.25, 0.3) is 0 Å².